The van der Waals surface area contributed by atoms with Crippen LogP contribution in [0.4, 0.5) is 5.69 Å². The minimum atomic E-state index is -0.329. The molecular weight excluding hydrogens is 210 g/mol. The van der Waals surface area contributed by atoms with Crippen molar-refractivity contribution >= 4 is 5.69 Å². The van der Waals surface area contributed by atoms with Crippen molar-refractivity contribution in [3.63, 3.8) is 0 Å². The molecule has 0 radical (unpaired) electrons. The average molecular weight is 235 g/mol. The van der Waals surface area contributed by atoms with E-state index in [2.05, 4.69) is 37.9 Å². The maximum Gasteiger partial charge on any atom is 0.0787 e. The van der Waals surface area contributed by atoms with Gasteiger partial charge in [0.1, 0.15) is 0 Å². The summed E-state index contributed by atoms with van der Waals surface area (Å²) in [5, 5.41) is 9.72. The summed E-state index contributed by atoms with van der Waals surface area (Å²) in [5.41, 5.74) is 2.23. The summed E-state index contributed by atoms with van der Waals surface area (Å²) in [7, 11) is 2.12. The van der Waals surface area contributed by atoms with E-state index in [0.29, 0.717) is 0 Å². The van der Waals surface area contributed by atoms with Gasteiger partial charge in [0.2, 0.25) is 0 Å². The molecule has 1 rings (SSSR count). The molecule has 2 nitrogen and oxygen atoms in total. The molecule has 0 saturated heterocycles. The smallest absolute Gasteiger partial charge is 0.0787 e. The summed E-state index contributed by atoms with van der Waals surface area (Å²) in [6.45, 7) is 7.56. The number of benzene rings is 1. The maximum absolute atomic E-state index is 9.72. The first-order chi connectivity index (χ1) is 8.04. The van der Waals surface area contributed by atoms with Crippen LogP contribution in [-0.2, 0) is 0 Å². The number of hydrogen-bond donors (Lipinski definition) is 1. The van der Waals surface area contributed by atoms with E-state index in [0.717, 1.165) is 24.4 Å². The lowest BCUT2D eigenvalue weighted by molar-refractivity contribution is 0.173. The fourth-order valence-electron chi connectivity index (χ4n) is 1.77. The number of rotatable bonds is 6. The Morgan fingerprint density at radius 3 is 2.24 bits per heavy atom. The van der Waals surface area contributed by atoms with Gasteiger partial charge < -0.3 is 10.0 Å². The quantitative estimate of drug-likeness (QED) is 0.814. The normalized spacial score (nSPS) is 12.8. The topological polar surface area (TPSA) is 23.5 Å². The highest BCUT2D eigenvalue weighted by molar-refractivity contribution is 5.47. The molecule has 1 atom stereocenters. The second-order valence-electron chi connectivity index (χ2n) is 5.12. The van der Waals surface area contributed by atoms with Gasteiger partial charge in [0.15, 0.2) is 0 Å². The van der Waals surface area contributed by atoms with Gasteiger partial charge in [-0.05, 0) is 36.5 Å². The standard InChI is InChI=1S/C15H25NO/c1-5-15(17)13-6-8-14(9-7-13)16(4)11-10-12(2)3/h6-9,12,15,17H,5,10-11H2,1-4H3/t15-/m1/s1. The molecule has 0 spiro atoms. The van der Waals surface area contributed by atoms with Crippen LogP contribution in [0.1, 0.15) is 45.3 Å². The van der Waals surface area contributed by atoms with Gasteiger partial charge >= 0.3 is 0 Å². The van der Waals surface area contributed by atoms with Gasteiger partial charge in [0, 0.05) is 19.3 Å². The number of hydrogen-bond acceptors (Lipinski definition) is 2. The van der Waals surface area contributed by atoms with Crippen molar-refractivity contribution in [3.8, 4) is 0 Å². The molecule has 96 valence electrons. The molecule has 0 fully saturated rings. The monoisotopic (exact) mass is 235 g/mol. The van der Waals surface area contributed by atoms with E-state index in [9.17, 15) is 5.11 Å². The summed E-state index contributed by atoms with van der Waals surface area (Å²) >= 11 is 0. The molecule has 1 aromatic carbocycles. The van der Waals surface area contributed by atoms with E-state index >= 15 is 0 Å². The van der Waals surface area contributed by atoms with Crippen LogP contribution >= 0.6 is 0 Å². The van der Waals surface area contributed by atoms with Crippen molar-refractivity contribution in [2.75, 3.05) is 18.5 Å². The fraction of sp³-hybridized carbons (Fsp3) is 0.600. The Balaban J connectivity index is 2.60. The second-order valence-corrected chi connectivity index (χ2v) is 5.12. The largest absolute Gasteiger partial charge is 0.388 e. The zero-order valence-corrected chi connectivity index (χ0v) is 11.5. The van der Waals surface area contributed by atoms with Crippen LogP contribution in [0.2, 0.25) is 0 Å². The molecule has 0 saturated carbocycles. The van der Waals surface area contributed by atoms with Crippen molar-refractivity contribution < 1.29 is 5.11 Å². The van der Waals surface area contributed by atoms with E-state index < -0.39 is 0 Å². The van der Waals surface area contributed by atoms with Crippen LogP contribution in [0.25, 0.3) is 0 Å². The van der Waals surface area contributed by atoms with E-state index in [-0.39, 0.29) is 6.10 Å². The summed E-state index contributed by atoms with van der Waals surface area (Å²) < 4.78 is 0. The average Bonchev–Trinajstić information content (AvgIpc) is 2.35. The molecule has 2 heteroatoms. The van der Waals surface area contributed by atoms with Gasteiger partial charge in [-0.3, -0.25) is 0 Å². The van der Waals surface area contributed by atoms with Gasteiger partial charge in [-0.1, -0.05) is 32.9 Å². The Morgan fingerprint density at radius 2 is 1.76 bits per heavy atom. The summed E-state index contributed by atoms with van der Waals surface area (Å²) in [6.07, 6.45) is 1.64. The lowest BCUT2D eigenvalue weighted by Gasteiger charge is -2.21. The molecule has 17 heavy (non-hydrogen) atoms. The highest BCUT2D eigenvalue weighted by atomic mass is 16.3. The molecule has 0 unspecified atom stereocenters. The third-order valence-corrected chi connectivity index (χ3v) is 3.15. The van der Waals surface area contributed by atoms with E-state index in [1.807, 2.05) is 19.1 Å². The van der Waals surface area contributed by atoms with E-state index in [1.165, 1.54) is 12.1 Å². The van der Waals surface area contributed by atoms with Crippen LogP contribution in [0.15, 0.2) is 24.3 Å². The minimum absolute atomic E-state index is 0.329. The summed E-state index contributed by atoms with van der Waals surface area (Å²) in [4.78, 5) is 2.27. The molecule has 0 aliphatic carbocycles. The third-order valence-electron chi connectivity index (χ3n) is 3.15. The Hall–Kier alpha value is -1.02. The highest BCUT2D eigenvalue weighted by Gasteiger charge is 2.06. The molecule has 0 bridgehead atoms. The Labute approximate surface area is 105 Å². The van der Waals surface area contributed by atoms with Crippen molar-refractivity contribution in [1.82, 2.24) is 0 Å². The van der Waals surface area contributed by atoms with E-state index in [1.54, 1.807) is 0 Å². The molecular formula is C15H25NO. The predicted octanol–water partition coefficient (Wildman–Crippen LogP) is 3.61. The molecule has 1 N–H and O–H groups in total. The first-order valence-electron chi connectivity index (χ1n) is 6.53. The number of nitrogens with zero attached hydrogens (tertiary/aromatic N) is 1. The van der Waals surface area contributed by atoms with Crippen molar-refractivity contribution in [3.05, 3.63) is 29.8 Å². The Bertz CT molecular complexity index is 318. The maximum atomic E-state index is 9.72. The van der Waals surface area contributed by atoms with Gasteiger partial charge in [-0.2, -0.15) is 0 Å². The molecule has 0 amide bonds. The summed E-state index contributed by atoms with van der Waals surface area (Å²) in [5.74, 6) is 0.735. The predicted molar refractivity (Wildman–Crippen MR) is 74.4 cm³/mol. The molecule has 0 aromatic heterocycles. The SMILES string of the molecule is CC[C@@H](O)c1ccc(N(C)CCC(C)C)cc1. The van der Waals surface area contributed by atoms with Gasteiger partial charge in [0.05, 0.1) is 6.10 Å². The second kappa shape index (κ2) is 6.65. The fourth-order valence-corrected chi connectivity index (χ4v) is 1.77. The zero-order chi connectivity index (χ0) is 12.8. The lowest BCUT2D eigenvalue weighted by Crippen LogP contribution is -2.19. The highest BCUT2D eigenvalue weighted by Crippen LogP contribution is 2.20. The first-order valence-corrected chi connectivity index (χ1v) is 6.53. The Morgan fingerprint density at radius 1 is 1.18 bits per heavy atom. The first kappa shape index (κ1) is 14.0. The number of aliphatic hydroxyl groups is 1. The van der Waals surface area contributed by atoms with Crippen LogP contribution in [0, 0.1) is 5.92 Å². The molecule has 0 aliphatic rings. The van der Waals surface area contributed by atoms with Crippen molar-refractivity contribution in [2.45, 2.75) is 39.7 Å². The van der Waals surface area contributed by atoms with Gasteiger partial charge in [-0.25, -0.2) is 0 Å². The lowest BCUT2D eigenvalue weighted by atomic mass is 10.1. The van der Waals surface area contributed by atoms with Crippen LogP contribution in [0.3, 0.4) is 0 Å². The van der Waals surface area contributed by atoms with E-state index in [4.69, 9.17) is 0 Å². The summed E-state index contributed by atoms with van der Waals surface area (Å²) in [6, 6.07) is 8.23. The zero-order valence-electron chi connectivity index (χ0n) is 11.5. The van der Waals surface area contributed by atoms with Gasteiger partial charge in [-0.15, -0.1) is 0 Å². The van der Waals surface area contributed by atoms with Crippen LogP contribution in [0.5, 0.6) is 0 Å². The molecule has 1 aromatic rings. The van der Waals surface area contributed by atoms with Gasteiger partial charge in [0.25, 0.3) is 0 Å². The van der Waals surface area contributed by atoms with Crippen molar-refractivity contribution in [1.29, 1.82) is 0 Å². The van der Waals surface area contributed by atoms with Crippen molar-refractivity contribution in [2.24, 2.45) is 5.92 Å². The molecule has 0 aliphatic heterocycles. The number of aliphatic hydroxyl groups excluding tert-OH is 1. The minimum Gasteiger partial charge on any atom is -0.388 e. The Kier molecular flexibility index (Phi) is 5.49. The van der Waals surface area contributed by atoms with Crippen LogP contribution < -0.4 is 4.90 Å². The molecule has 0 heterocycles. The number of anilines is 1. The third kappa shape index (κ3) is 4.39. The van der Waals surface area contributed by atoms with Crippen LogP contribution in [-0.4, -0.2) is 18.7 Å².